The van der Waals surface area contributed by atoms with E-state index in [-0.39, 0.29) is 11.6 Å². The van der Waals surface area contributed by atoms with E-state index < -0.39 is 5.91 Å². The minimum absolute atomic E-state index is 0.0283. The van der Waals surface area contributed by atoms with E-state index in [4.69, 9.17) is 4.74 Å². The molecule has 0 aliphatic carbocycles. The fraction of sp³-hybridized carbons (Fsp3) is 0.133. The van der Waals surface area contributed by atoms with Crippen LogP contribution in [-0.2, 0) is 4.79 Å². The first-order valence-corrected chi connectivity index (χ1v) is 6.46. The molecule has 0 fully saturated rings. The van der Waals surface area contributed by atoms with Gasteiger partial charge in [-0.25, -0.2) is 0 Å². The number of benzene rings is 1. The van der Waals surface area contributed by atoms with Crippen LogP contribution in [0.15, 0.2) is 42.6 Å². The molecule has 1 heterocycles. The lowest BCUT2D eigenvalue weighted by atomic mass is 10.2. The number of methoxy groups -OCH3 is 1. The van der Waals surface area contributed by atoms with E-state index in [0.717, 1.165) is 0 Å². The predicted molar refractivity (Wildman–Crippen MR) is 80.7 cm³/mol. The summed E-state index contributed by atoms with van der Waals surface area (Å²) in [6, 6.07) is 9.32. The van der Waals surface area contributed by atoms with Gasteiger partial charge in [-0.3, -0.25) is 9.59 Å². The number of carbonyl (C=O) groups excluding carboxylic acids is 2. The number of ether oxygens (including phenoxy) is 1. The molecule has 0 spiro atoms. The van der Waals surface area contributed by atoms with Crippen LogP contribution in [0.2, 0.25) is 0 Å². The Balaban J connectivity index is 2.24. The minimum Gasteiger partial charge on any atom is -0.618 e. The number of carbonyl (C=O) groups is 2. The summed E-state index contributed by atoms with van der Waals surface area (Å²) in [6.45, 7) is 1.37. The van der Waals surface area contributed by atoms with Crippen molar-refractivity contribution in [3.05, 3.63) is 53.5 Å². The molecule has 1 aromatic heterocycles. The summed E-state index contributed by atoms with van der Waals surface area (Å²) >= 11 is 0. The van der Waals surface area contributed by atoms with E-state index in [0.29, 0.717) is 21.9 Å². The Morgan fingerprint density at radius 3 is 2.59 bits per heavy atom. The summed E-state index contributed by atoms with van der Waals surface area (Å²) in [6.07, 6.45) is 1.24. The first kappa shape index (κ1) is 15.3. The van der Waals surface area contributed by atoms with E-state index in [2.05, 4.69) is 10.6 Å². The smallest absolute Gasteiger partial charge is 0.321 e. The van der Waals surface area contributed by atoms with Gasteiger partial charge in [0.25, 0.3) is 5.69 Å². The largest absolute Gasteiger partial charge is 0.618 e. The zero-order valence-electron chi connectivity index (χ0n) is 12.1. The summed E-state index contributed by atoms with van der Waals surface area (Å²) in [5.41, 5.74) is 0.827. The number of aromatic nitrogens is 1. The number of pyridine rings is 1. The molecule has 0 aliphatic rings. The highest BCUT2D eigenvalue weighted by Gasteiger charge is 2.16. The Labute approximate surface area is 127 Å². The Hall–Kier alpha value is -3.09. The van der Waals surface area contributed by atoms with Crippen LogP contribution in [0.25, 0.3) is 0 Å². The fourth-order valence-corrected chi connectivity index (χ4v) is 1.87. The maximum atomic E-state index is 12.1. The Morgan fingerprint density at radius 1 is 1.18 bits per heavy atom. The summed E-state index contributed by atoms with van der Waals surface area (Å²) in [5.74, 6) is -0.344. The van der Waals surface area contributed by atoms with Gasteiger partial charge in [-0.2, -0.15) is 4.73 Å². The molecule has 7 heteroatoms. The molecule has 2 N–H and O–H groups in total. The average molecular weight is 301 g/mol. The van der Waals surface area contributed by atoms with Crippen molar-refractivity contribution >= 4 is 23.2 Å². The SMILES string of the molecule is COc1ccc(NC(=O)c2cccc[n+]2[O-])cc1NC(C)=O. The molecule has 2 aromatic rings. The van der Waals surface area contributed by atoms with Crippen LogP contribution in [0, 0.1) is 5.21 Å². The molecule has 0 saturated heterocycles. The second kappa shape index (κ2) is 6.57. The first-order chi connectivity index (χ1) is 10.5. The van der Waals surface area contributed by atoms with Crippen molar-refractivity contribution in [2.45, 2.75) is 6.92 Å². The molecule has 0 unspecified atom stereocenters. The van der Waals surface area contributed by atoms with Crippen molar-refractivity contribution in [1.82, 2.24) is 0 Å². The van der Waals surface area contributed by atoms with Crippen LogP contribution in [-0.4, -0.2) is 18.9 Å². The molecule has 0 saturated carbocycles. The Morgan fingerprint density at radius 2 is 1.95 bits per heavy atom. The molecular formula is C15H15N3O4. The van der Waals surface area contributed by atoms with Gasteiger partial charge in [0, 0.05) is 24.7 Å². The van der Waals surface area contributed by atoms with Gasteiger partial charge in [0.2, 0.25) is 5.91 Å². The fourth-order valence-electron chi connectivity index (χ4n) is 1.87. The molecule has 7 nitrogen and oxygen atoms in total. The van der Waals surface area contributed by atoms with E-state index in [1.165, 1.54) is 32.4 Å². The lowest BCUT2D eigenvalue weighted by molar-refractivity contribution is -0.607. The number of amides is 2. The number of anilines is 2. The van der Waals surface area contributed by atoms with Crippen molar-refractivity contribution in [1.29, 1.82) is 0 Å². The maximum absolute atomic E-state index is 12.1. The Bertz CT molecular complexity index is 716. The second-order valence-electron chi connectivity index (χ2n) is 4.46. The average Bonchev–Trinajstić information content (AvgIpc) is 2.47. The van der Waals surface area contributed by atoms with Gasteiger partial charge in [0.15, 0.2) is 6.20 Å². The molecule has 22 heavy (non-hydrogen) atoms. The zero-order chi connectivity index (χ0) is 16.1. The van der Waals surface area contributed by atoms with E-state index in [9.17, 15) is 14.8 Å². The third-order valence-corrected chi connectivity index (χ3v) is 2.82. The van der Waals surface area contributed by atoms with Crippen LogP contribution in [0.4, 0.5) is 11.4 Å². The summed E-state index contributed by atoms with van der Waals surface area (Å²) in [5, 5.41) is 16.7. The van der Waals surface area contributed by atoms with Gasteiger partial charge >= 0.3 is 5.91 Å². The van der Waals surface area contributed by atoms with Crippen molar-refractivity contribution in [3.63, 3.8) is 0 Å². The molecular weight excluding hydrogens is 286 g/mol. The third kappa shape index (κ3) is 3.51. The van der Waals surface area contributed by atoms with Gasteiger partial charge in [0.1, 0.15) is 5.75 Å². The number of rotatable bonds is 4. The Kier molecular flexibility index (Phi) is 4.57. The van der Waals surface area contributed by atoms with Gasteiger partial charge < -0.3 is 20.6 Å². The molecule has 2 amide bonds. The molecule has 0 aliphatic heterocycles. The van der Waals surface area contributed by atoms with Crippen molar-refractivity contribution < 1.29 is 19.1 Å². The zero-order valence-corrected chi connectivity index (χ0v) is 12.1. The van der Waals surface area contributed by atoms with Crippen LogP contribution in [0.3, 0.4) is 0 Å². The number of nitrogens with one attached hydrogen (secondary N) is 2. The molecule has 0 bridgehead atoms. The topological polar surface area (TPSA) is 94.4 Å². The van der Waals surface area contributed by atoms with Gasteiger partial charge in [-0.05, 0) is 24.3 Å². The first-order valence-electron chi connectivity index (χ1n) is 6.46. The molecule has 0 atom stereocenters. The lowest BCUT2D eigenvalue weighted by Crippen LogP contribution is -2.36. The highest BCUT2D eigenvalue weighted by atomic mass is 16.5. The van der Waals surface area contributed by atoms with Gasteiger partial charge in [-0.15, -0.1) is 0 Å². The highest BCUT2D eigenvalue weighted by molar-refractivity contribution is 6.02. The summed E-state index contributed by atoms with van der Waals surface area (Å²) in [7, 11) is 1.48. The predicted octanol–water partition coefficient (Wildman–Crippen LogP) is 1.54. The van der Waals surface area contributed by atoms with E-state index in [1.54, 1.807) is 24.3 Å². The van der Waals surface area contributed by atoms with Crippen LogP contribution < -0.4 is 20.1 Å². The second-order valence-corrected chi connectivity index (χ2v) is 4.46. The van der Waals surface area contributed by atoms with Crippen molar-refractivity contribution in [2.24, 2.45) is 0 Å². The van der Waals surface area contributed by atoms with E-state index >= 15 is 0 Å². The number of hydrogen-bond acceptors (Lipinski definition) is 4. The van der Waals surface area contributed by atoms with Crippen LogP contribution in [0.5, 0.6) is 5.75 Å². The van der Waals surface area contributed by atoms with Crippen molar-refractivity contribution in [3.8, 4) is 5.75 Å². The molecule has 2 rings (SSSR count). The quantitative estimate of drug-likeness (QED) is 0.661. The van der Waals surface area contributed by atoms with Gasteiger partial charge in [-0.1, -0.05) is 0 Å². The van der Waals surface area contributed by atoms with E-state index in [1.807, 2.05) is 0 Å². The number of nitrogens with zero attached hydrogens (tertiary/aromatic N) is 1. The standard InChI is InChI=1S/C15H15N3O4/c1-10(19)16-12-9-11(6-7-14(12)22-2)17-15(20)13-5-3-4-8-18(13)21/h3-9H,1-2H3,(H,16,19)(H,17,20). The van der Waals surface area contributed by atoms with Crippen LogP contribution in [0.1, 0.15) is 17.4 Å². The van der Waals surface area contributed by atoms with Gasteiger partial charge in [0.05, 0.1) is 12.8 Å². The molecule has 114 valence electrons. The highest BCUT2D eigenvalue weighted by Crippen LogP contribution is 2.27. The normalized spacial score (nSPS) is 9.91. The number of hydrogen-bond donors (Lipinski definition) is 2. The lowest BCUT2D eigenvalue weighted by Gasteiger charge is -2.11. The minimum atomic E-state index is -0.547. The summed E-state index contributed by atoms with van der Waals surface area (Å²) in [4.78, 5) is 23.3. The molecule has 1 aromatic carbocycles. The molecule has 0 radical (unpaired) electrons. The van der Waals surface area contributed by atoms with Crippen LogP contribution >= 0.6 is 0 Å². The maximum Gasteiger partial charge on any atom is 0.321 e. The van der Waals surface area contributed by atoms with Crippen molar-refractivity contribution in [2.75, 3.05) is 17.7 Å². The third-order valence-electron chi connectivity index (χ3n) is 2.82. The summed E-state index contributed by atoms with van der Waals surface area (Å²) < 4.78 is 5.61. The monoisotopic (exact) mass is 301 g/mol.